The number of nitrogens with zero attached hydrogens (tertiary/aromatic N) is 1. The summed E-state index contributed by atoms with van der Waals surface area (Å²) in [5.74, 6) is 0. The van der Waals surface area contributed by atoms with Crippen LogP contribution in [0.25, 0.3) is 10.9 Å². The molecule has 1 heterocycles. The van der Waals surface area contributed by atoms with Crippen LogP contribution in [0, 0.1) is 13.8 Å². The van der Waals surface area contributed by atoms with E-state index in [-0.39, 0.29) is 0 Å². The highest BCUT2D eigenvalue weighted by Gasteiger charge is 2.09. The van der Waals surface area contributed by atoms with E-state index < -0.39 is 6.10 Å². The fourth-order valence-corrected chi connectivity index (χ4v) is 2.03. The summed E-state index contributed by atoms with van der Waals surface area (Å²) in [7, 11) is 2.07. The van der Waals surface area contributed by atoms with Gasteiger partial charge in [-0.25, -0.2) is 0 Å². The molecule has 1 aromatic heterocycles. The van der Waals surface area contributed by atoms with Crippen LogP contribution in [-0.4, -0.2) is 9.67 Å². The van der Waals surface area contributed by atoms with Crippen LogP contribution in [0.4, 0.5) is 0 Å². The average molecular weight is 203 g/mol. The van der Waals surface area contributed by atoms with Gasteiger partial charge in [-0.1, -0.05) is 12.1 Å². The molecule has 0 fully saturated rings. The predicted molar refractivity (Wildman–Crippen MR) is 63.0 cm³/mol. The predicted octanol–water partition coefficient (Wildman–Crippen LogP) is 2.85. The lowest BCUT2D eigenvalue weighted by Gasteiger charge is -2.05. The summed E-state index contributed by atoms with van der Waals surface area (Å²) in [6, 6.07) is 6.17. The number of aliphatic hydroxyl groups is 1. The lowest BCUT2D eigenvalue weighted by Crippen LogP contribution is -1.93. The normalized spacial score (nSPS) is 13.4. The highest BCUT2D eigenvalue weighted by molar-refractivity contribution is 5.85. The van der Waals surface area contributed by atoms with E-state index in [2.05, 4.69) is 37.6 Å². The summed E-state index contributed by atoms with van der Waals surface area (Å²) in [4.78, 5) is 0. The molecule has 0 bridgehead atoms. The van der Waals surface area contributed by atoms with Crippen molar-refractivity contribution in [1.29, 1.82) is 0 Å². The Morgan fingerprint density at radius 3 is 2.53 bits per heavy atom. The zero-order valence-electron chi connectivity index (χ0n) is 9.70. The molecule has 1 unspecified atom stereocenters. The van der Waals surface area contributed by atoms with Gasteiger partial charge in [-0.2, -0.15) is 0 Å². The molecule has 0 spiro atoms. The number of aromatic nitrogens is 1. The van der Waals surface area contributed by atoms with Crippen molar-refractivity contribution in [3.8, 4) is 0 Å². The molecule has 0 aliphatic rings. The van der Waals surface area contributed by atoms with Crippen molar-refractivity contribution < 1.29 is 5.11 Å². The minimum Gasteiger partial charge on any atom is -0.389 e. The third kappa shape index (κ3) is 1.45. The van der Waals surface area contributed by atoms with E-state index in [1.165, 1.54) is 22.2 Å². The number of hydrogen-bond donors (Lipinski definition) is 1. The Morgan fingerprint density at radius 2 is 1.93 bits per heavy atom. The van der Waals surface area contributed by atoms with Crippen molar-refractivity contribution >= 4 is 10.9 Å². The molecule has 2 heteroatoms. The fraction of sp³-hybridized carbons (Fsp3) is 0.385. The smallest absolute Gasteiger partial charge is 0.0762 e. The number of aliphatic hydroxyl groups excluding tert-OH is 1. The van der Waals surface area contributed by atoms with E-state index in [1.807, 2.05) is 6.07 Å². The molecule has 0 aliphatic carbocycles. The molecular formula is C13H17NO. The molecule has 0 aliphatic heterocycles. The van der Waals surface area contributed by atoms with Gasteiger partial charge in [-0.05, 0) is 38.0 Å². The Kier molecular flexibility index (Phi) is 2.31. The van der Waals surface area contributed by atoms with Crippen LogP contribution in [-0.2, 0) is 7.05 Å². The van der Waals surface area contributed by atoms with E-state index in [0.717, 1.165) is 5.56 Å². The number of hydrogen-bond acceptors (Lipinski definition) is 1. The topological polar surface area (TPSA) is 25.2 Å². The molecule has 2 aromatic rings. The average Bonchev–Trinajstić information content (AvgIpc) is 2.44. The molecule has 80 valence electrons. The van der Waals surface area contributed by atoms with Crippen LogP contribution in [0.1, 0.15) is 29.8 Å². The molecule has 0 saturated heterocycles. The summed E-state index contributed by atoms with van der Waals surface area (Å²) in [5.41, 5.74) is 4.78. The van der Waals surface area contributed by atoms with Crippen molar-refractivity contribution in [1.82, 2.24) is 4.57 Å². The van der Waals surface area contributed by atoms with Gasteiger partial charge in [-0.15, -0.1) is 0 Å². The quantitative estimate of drug-likeness (QED) is 0.757. The lowest BCUT2D eigenvalue weighted by molar-refractivity contribution is 0.199. The Bertz CT molecular complexity index is 509. The largest absolute Gasteiger partial charge is 0.389 e. The zero-order valence-corrected chi connectivity index (χ0v) is 9.70. The van der Waals surface area contributed by atoms with E-state index in [0.29, 0.717) is 0 Å². The molecular weight excluding hydrogens is 186 g/mol. The van der Waals surface area contributed by atoms with Gasteiger partial charge in [-0.3, -0.25) is 0 Å². The number of aryl methyl sites for hydroxylation is 2. The van der Waals surface area contributed by atoms with Crippen molar-refractivity contribution in [2.45, 2.75) is 26.9 Å². The maximum atomic E-state index is 9.54. The van der Waals surface area contributed by atoms with Gasteiger partial charge in [0.1, 0.15) is 0 Å². The summed E-state index contributed by atoms with van der Waals surface area (Å²) in [6.45, 7) is 6.06. The molecule has 2 nitrogen and oxygen atoms in total. The van der Waals surface area contributed by atoms with Crippen molar-refractivity contribution in [2.75, 3.05) is 0 Å². The molecule has 2 rings (SSSR count). The minimum atomic E-state index is -0.398. The van der Waals surface area contributed by atoms with Crippen LogP contribution in [0.15, 0.2) is 18.2 Å². The highest BCUT2D eigenvalue weighted by atomic mass is 16.3. The SMILES string of the molecule is Cc1c(C)n(C)c2cc(C(C)O)ccc12. The molecule has 1 atom stereocenters. The molecule has 1 N–H and O–H groups in total. The summed E-state index contributed by atoms with van der Waals surface area (Å²) in [6.07, 6.45) is -0.398. The van der Waals surface area contributed by atoms with Crippen molar-refractivity contribution in [2.24, 2.45) is 7.05 Å². The highest BCUT2D eigenvalue weighted by Crippen LogP contribution is 2.26. The number of fused-ring (bicyclic) bond motifs is 1. The third-order valence-electron chi connectivity index (χ3n) is 3.32. The first-order valence-corrected chi connectivity index (χ1v) is 5.26. The summed E-state index contributed by atoms with van der Waals surface area (Å²) in [5, 5.41) is 10.8. The van der Waals surface area contributed by atoms with E-state index >= 15 is 0 Å². The van der Waals surface area contributed by atoms with Gasteiger partial charge in [0.15, 0.2) is 0 Å². The molecule has 1 aromatic carbocycles. The Balaban J connectivity index is 2.77. The van der Waals surface area contributed by atoms with Crippen LogP contribution in [0.5, 0.6) is 0 Å². The lowest BCUT2D eigenvalue weighted by atomic mass is 10.1. The molecule has 0 radical (unpaired) electrons. The summed E-state index contributed by atoms with van der Waals surface area (Å²) >= 11 is 0. The van der Waals surface area contributed by atoms with Crippen LogP contribution < -0.4 is 0 Å². The van der Waals surface area contributed by atoms with Gasteiger partial charge >= 0.3 is 0 Å². The van der Waals surface area contributed by atoms with Gasteiger partial charge in [0.05, 0.1) is 6.10 Å². The van der Waals surface area contributed by atoms with Crippen LogP contribution in [0.3, 0.4) is 0 Å². The Morgan fingerprint density at radius 1 is 1.27 bits per heavy atom. The number of benzene rings is 1. The second-order valence-electron chi connectivity index (χ2n) is 4.22. The maximum absolute atomic E-state index is 9.54. The monoisotopic (exact) mass is 203 g/mol. The van der Waals surface area contributed by atoms with Crippen LogP contribution >= 0.6 is 0 Å². The Labute approximate surface area is 90.2 Å². The number of rotatable bonds is 1. The van der Waals surface area contributed by atoms with Gasteiger partial charge in [0.25, 0.3) is 0 Å². The molecule has 0 amide bonds. The minimum absolute atomic E-state index is 0.398. The van der Waals surface area contributed by atoms with E-state index in [4.69, 9.17) is 0 Å². The van der Waals surface area contributed by atoms with Crippen molar-refractivity contribution in [3.63, 3.8) is 0 Å². The standard InChI is InChI=1S/C13H17NO/c1-8-9(2)14(4)13-7-11(10(3)15)5-6-12(8)13/h5-7,10,15H,1-4H3. The second-order valence-corrected chi connectivity index (χ2v) is 4.22. The van der Waals surface area contributed by atoms with Gasteiger partial charge < -0.3 is 9.67 Å². The second kappa shape index (κ2) is 3.38. The van der Waals surface area contributed by atoms with E-state index in [9.17, 15) is 5.11 Å². The molecule has 15 heavy (non-hydrogen) atoms. The van der Waals surface area contributed by atoms with Gasteiger partial charge in [0, 0.05) is 23.6 Å². The van der Waals surface area contributed by atoms with E-state index in [1.54, 1.807) is 6.92 Å². The zero-order chi connectivity index (χ0) is 11.2. The first-order valence-electron chi connectivity index (χ1n) is 5.26. The van der Waals surface area contributed by atoms with Gasteiger partial charge in [0.2, 0.25) is 0 Å². The Hall–Kier alpha value is -1.28. The maximum Gasteiger partial charge on any atom is 0.0762 e. The first-order chi connectivity index (χ1) is 7.02. The van der Waals surface area contributed by atoms with Crippen LogP contribution in [0.2, 0.25) is 0 Å². The molecule has 0 saturated carbocycles. The third-order valence-corrected chi connectivity index (χ3v) is 3.32. The first kappa shape index (κ1) is 10.2. The summed E-state index contributed by atoms with van der Waals surface area (Å²) < 4.78 is 2.18. The fourth-order valence-electron chi connectivity index (χ4n) is 2.03. The van der Waals surface area contributed by atoms with Crippen molar-refractivity contribution in [3.05, 3.63) is 35.0 Å².